The van der Waals surface area contributed by atoms with Crippen LogP contribution in [0.25, 0.3) is 10.9 Å². The molecule has 0 fully saturated rings. The SMILES string of the molecule is O=C(O)Cn1nc(I)c2cc(Br)cc(C(F)(F)F)c21. The average Bonchev–Trinajstić information content (AvgIpc) is 2.52. The molecule has 0 aliphatic heterocycles. The first kappa shape index (κ1) is 14.6. The molecule has 0 bridgehead atoms. The largest absolute Gasteiger partial charge is 0.480 e. The van der Waals surface area contributed by atoms with Crippen LogP contribution in [0.15, 0.2) is 16.6 Å². The number of halogens is 5. The van der Waals surface area contributed by atoms with Crippen molar-refractivity contribution in [1.29, 1.82) is 0 Å². The number of fused-ring (bicyclic) bond motifs is 1. The second-order valence-electron chi connectivity index (χ2n) is 3.69. The summed E-state index contributed by atoms with van der Waals surface area (Å²) in [6.45, 7) is -0.621. The summed E-state index contributed by atoms with van der Waals surface area (Å²) in [4.78, 5) is 10.7. The van der Waals surface area contributed by atoms with E-state index in [1.165, 1.54) is 6.07 Å². The quantitative estimate of drug-likeness (QED) is 0.715. The maximum Gasteiger partial charge on any atom is 0.418 e. The second-order valence-corrected chi connectivity index (χ2v) is 5.63. The predicted molar refractivity (Wildman–Crippen MR) is 72.8 cm³/mol. The molecule has 1 N–H and O–H groups in total. The third-order valence-corrected chi connectivity index (χ3v) is 3.61. The number of benzene rings is 1. The summed E-state index contributed by atoms with van der Waals surface area (Å²) in [5.41, 5.74) is -1.13. The van der Waals surface area contributed by atoms with Gasteiger partial charge in [-0.15, -0.1) is 0 Å². The van der Waals surface area contributed by atoms with Crippen molar-refractivity contribution in [1.82, 2.24) is 9.78 Å². The maximum absolute atomic E-state index is 13.0. The van der Waals surface area contributed by atoms with Gasteiger partial charge in [0.05, 0.1) is 11.1 Å². The van der Waals surface area contributed by atoms with Gasteiger partial charge in [0.15, 0.2) is 0 Å². The molecule has 0 aliphatic rings. The van der Waals surface area contributed by atoms with Gasteiger partial charge in [-0.05, 0) is 34.7 Å². The van der Waals surface area contributed by atoms with E-state index in [4.69, 9.17) is 5.11 Å². The molecule has 0 amide bonds. The van der Waals surface area contributed by atoms with Crippen LogP contribution in [0, 0.1) is 3.70 Å². The molecule has 1 heterocycles. The van der Waals surface area contributed by atoms with Gasteiger partial charge in [0, 0.05) is 9.86 Å². The fourth-order valence-corrected chi connectivity index (χ4v) is 2.83. The van der Waals surface area contributed by atoms with Crippen LogP contribution in [-0.2, 0) is 17.5 Å². The molecule has 102 valence electrons. The van der Waals surface area contributed by atoms with Gasteiger partial charge in [0.2, 0.25) is 0 Å². The number of carboxylic acid groups (broad SMARTS) is 1. The lowest BCUT2D eigenvalue weighted by molar-refractivity contribution is -0.139. The van der Waals surface area contributed by atoms with Crippen LogP contribution < -0.4 is 0 Å². The van der Waals surface area contributed by atoms with E-state index in [-0.39, 0.29) is 15.4 Å². The van der Waals surface area contributed by atoms with Crippen LogP contribution in [0.4, 0.5) is 13.2 Å². The molecule has 1 aromatic heterocycles. The van der Waals surface area contributed by atoms with E-state index in [1.54, 1.807) is 22.6 Å². The Labute approximate surface area is 126 Å². The second kappa shape index (κ2) is 4.93. The standard InChI is InChI=1S/C10H5BrF3IN2O2/c11-4-1-5-8(6(2-4)10(12,13)14)17(3-7(18)19)16-9(5)15/h1-2H,3H2,(H,18,19). The highest BCUT2D eigenvalue weighted by atomic mass is 127. The number of carbonyl (C=O) groups is 1. The minimum Gasteiger partial charge on any atom is -0.480 e. The summed E-state index contributed by atoms with van der Waals surface area (Å²) in [6.07, 6.45) is -4.58. The van der Waals surface area contributed by atoms with E-state index >= 15 is 0 Å². The maximum atomic E-state index is 13.0. The number of hydrogen-bond acceptors (Lipinski definition) is 2. The summed E-state index contributed by atoms with van der Waals surface area (Å²) in [5.74, 6) is -1.25. The van der Waals surface area contributed by atoms with Gasteiger partial charge in [-0.1, -0.05) is 15.9 Å². The molecule has 0 atom stereocenters. The summed E-state index contributed by atoms with van der Waals surface area (Å²) < 4.78 is 40.5. The van der Waals surface area contributed by atoms with Crippen molar-refractivity contribution in [3.63, 3.8) is 0 Å². The van der Waals surface area contributed by atoms with E-state index in [0.717, 1.165) is 10.7 Å². The lowest BCUT2D eigenvalue weighted by atomic mass is 10.1. The monoisotopic (exact) mass is 448 g/mol. The Bertz CT molecular complexity index is 669. The molecule has 9 heteroatoms. The Hall–Kier alpha value is -0.840. The average molecular weight is 449 g/mol. The summed E-state index contributed by atoms with van der Waals surface area (Å²) in [5, 5.41) is 12.8. The Balaban J connectivity index is 2.83. The molecular formula is C10H5BrF3IN2O2. The number of rotatable bonds is 2. The first-order valence-electron chi connectivity index (χ1n) is 4.84. The van der Waals surface area contributed by atoms with Crippen LogP contribution in [0.3, 0.4) is 0 Å². The lowest BCUT2D eigenvalue weighted by Gasteiger charge is -2.10. The van der Waals surface area contributed by atoms with Gasteiger partial charge in [0.1, 0.15) is 10.2 Å². The summed E-state index contributed by atoms with van der Waals surface area (Å²) in [6, 6.07) is 2.40. The highest BCUT2D eigenvalue weighted by molar-refractivity contribution is 14.1. The zero-order valence-electron chi connectivity index (χ0n) is 9.00. The molecule has 0 saturated heterocycles. The van der Waals surface area contributed by atoms with Crippen LogP contribution in [0.2, 0.25) is 0 Å². The molecule has 0 aliphatic carbocycles. The third kappa shape index (κ3) is 2.86. The molecule has 4 nitrogen and oxygen atoms in total. The van der Waals surface area contributed by atoms with Crippen molar-refractivity contribution < 1.29 is 23.1 Å². The Kier molecular flexibility index (Phi) is 3.78. The number of hydrogen-bond donors (Lipinski definition) is 1. The molecule has 1 aromatic carbocycles. The lowest BCUT2D eigenvalue weighted by Crippen LogP contribution is -2.14. The van der Waals surface area contributed by atoms with Gasteiger partial charge in [-0.25, -0.2) is 0 Å². The van der Waals surface area contributed by atoms with Crippen LogP contribution in [0.5, 0.6) is 0 Å². The minimum atomic E-state index is -4.58. The van der Waals surface area contributed by atoms with Crippen molar-refractivity contribution in [2.24, 2.45) is 0 Å². The summed E-state index contributed by atoms with van der Waals surface area (Å²) in [7, 11) is 0. The Morgan fingerprint density at radius 1 is 1.47 bits per heavy atom. The van der Waals surface area contributed by atoms with Crippen molar-refractivity contribution in [2.45, 2.75) is 12.7 Å². The fourth-order valence-electron chi connectivity index (χ4n) is 1.70. The first-order chi connectivity index (χ1) is 8.70. The van der Waals surface area contributed by atoms with E-state index < -0.39 is 24.3 Å². The van der Waals surface area contributed by atoms with Crippen molar-refractivity contribution >= 4 is 55.4 Å². The van der Waals surface area contributed by atoms with Gasteiger partial charge in [-0.3, -0.25) is 9.48 Å². The van der Waals surface area contributed by atoms with E-state index in [2.05, 4.69) is 21.0 Å². The fraction of sp³-hybridized carbons (Fsp3) is 0.200. The minimum absolute atomic E-state index is 0.220. The number of nitrogens with zero attached hydrogens (tertiary/aromatic N) is 2. The van der Waals surface area contributed by atoms with E-state index in [1.807, 2.05) is 0 Å². The van der Waals surface area contributed by atoms with Gasteiger partial charge >= 0.3 is 12.1 Å². The third-order valence-electron chi connectivity index (χ3n) is 2.35. The molecule has 0 spiro atoms. The normalized spacial score (nSPS) is 12.1. The highest BCUT2D eigenvalue weighted by Crippen LogP contribution is 2.38. The van der Waals surface area contributed by atoms with Crippen molar-refractivity contribution in [3.8, 4) is 0 Å². The molecule has 2 rings (SSSR count). The summed E-state index contributed by atoms with van der Waals surface area (Å²) >= 11 is 4.79. The number of aromatic nitrogens is 2. The topological polar surface area (TPSA) is 55.1 Å². The molecule has 0 radical (unpaired) electrons. The van der Waals surface area contributed by atoms with Gasteiger partial charge in [0.25, 0.3) is 0 Å². The zero-order valence-corrected chi connectivity index (χ0v) is 12.7. The van der Waals surface area contributed by atoms with Crippen LogP contribution in [-0.4, -0.2) is 20.9 Å². The molecule has 0 unspecified atom stereocenters. The smallest absolute Gasteiger partial charge is 0.418 e. The van der Waals surface area contributed by atoms with Crippen molar-refractivity contribution in [3.05, 3.63) is 25.9 Å². The van der Waals surface area contributed by atoms with E-state index in [0.29, 0.717) is 3.70 Å². The number of alkyl halides is 3. The highest BCUT2D eigenvalue weighted by Gasteiger charge is 2.35. The number of aliphatic carboxylic acids is 1. The Morgan fingerprint density at radius 2 is 2.11 bits per heavy atom. The molecule has 0 saturated carbocycles. The zero-order chi connectivity index (χ0) is 14.4. The predicted octanol–water partition coefficient (Wildman–Crippen LogP) is 3.51. The molecular weight excluding hydrogens is 444 g/mol. The van der Waals surface area contributed by atoms with Gasteiger partial charge < -0.3 is 5.11 Å². The van der Waals surface area contributed by atoms with Crippen LogP contribution >= 0.6 is 38.5 Å². The van der Waals surface area contributed by atoms with Crippen LogP contribution in [0.1, 0.15) is 5.56 Å². The first-order valence-corrected chi connectivity index (χ1v) is 6.72. The molecule has 2 aromatic rings. The van der Waals surface area contributed by atoms with E-state index in [9.17, 15) is 18.0 Å². The number of carboxylic acids is 1. The van der Waals surface area contributed by atoms with Crippen molar-refractivity contribution in [2.75, 3.05) is 0 Å². The molecule has 19 heavy (non-hydrogen) atoms. The Morgan fingerprint density at radius 3 is 2.63 bits per heavy atom. The van der Waals surface area contributed by atoms with Gasteiger partial charge in [-0.2, -0.15) is 18.3 Å².